The van der Waals surface area contributed by atoms with Gasteiger partial charge in [0.1, 0.15) is 5.75 Å². The fourth-order valence-corrected chi connectivity index (χ4v) is 1.34. The number of methoxy groups -OCH3 is 1. The van der Waals surface area contributed by atoms with Crippen molar-refractivity contribution in [3.63, 3.8) is 0 Å². The lowest BCUT2D eigenvalue weighted by Gasteiger charge is -2.10. The van der Waals surface area contributed by atoms with Crippen LogP contribution < -0.4 is 10.1 Å². The Balaban J connectivity index is 2.64. The lowest BCUT2D eigenvalue weighted by atomic mass is 10.2. The number of hydrogen-bond acceptors (Lipinski definition) is 2. The fraction of sp³-hybridized carbons (Fsp3) is 0.385. The molecule has 0 saturated carbocycles. The molecule has 0 unspecified atom stereocenters. The topological polar surface area (TPSA) is 21.3 Å². The zero-order chi connectivity index (χ0) is 11.1. The Hall–Kier alpha value is -1.62. The molecule has 0 fully saturated rings. The number of anilines is 1. The summed E-state index contributed by atoms with van der Waals surface area (Å²) < 4.78 is 5.26. The van der Waals surface area contributed by atoms with Crippen molar-refractivity contribution in [2.75, 3.05) is 19.0 Å². The van der Waals surface area contributed by atoms with Gasteiger partial charge in [0.2, 0.25) is 0 Å². The largest absolute Gasteiger partial charge is 0.495 e. The van der Waals surface area contributed by atoms with Crippen molar-refractivity contribution in [2.24, 2.45) is 0 Å². The van der Waals surface area contributed by atoms with Crippen molar-refractivity contribution in [3.8, 4) is 17.6 Å². The van der Waals surface area contributed by atoms with Gasteiger partial charge >= 0.3 is 0 Å². The summed E-state index contributed by atoms with van der Waals surface area (Å²) in [5.41, 5.74) is 2.26. The van der Waals surface area contributed by atoms with Gasteiger partial charge in [0.05, 0.1) is 12.8 Å². The molecule has 0 amide bonds. The summed E-state index contributed by atoms with van der Waals surface area (Å²) in [6, 6.07) is 6.09. The quantitative estimate of drug-likeness (QED) is 0.600. The van der Waals surface area contributed by atoms with E-state index in [9.17, 15) is 0 Å². The molecule has 1 N–H and O–H groups in total. The first-order chi connectivity index (χ1) is 7.27. The third kappa shape index (κ3) is 3.55. The summed E-state index contributed by atoms with van der Waals surface area (Å²) in [5.74, 6) is 6.77. The zero-order valence-corrected chi connectivity index (χ0v) is 9.55. The van der Waals surface area contributed by atoms with E-state index in [-0.39, 0.29) is 0 Å². The Morgan fingerprint density at radius 1 is 1.40 bits per heavy atom. The molecule has 0 aliphatic heterocycles. The highest BCUT2D eigenvalue weighted by Gasteiger charge is 2.00. The van der Waals surface area contributed by atoms with E-state index in [1.165, 1.54) is 5.56 Å². The Kier molecular flexibility index (Phi) is 4.56. The van der Waals surface area contributed by atoms with Gasteiger partial charge in [-0.15, -0.1) is 11.8 Å². The molecule has 0 heterocycles. The highest BCUT2D eigenvalue weighted by Crippen LogP contribution is 2.24. The van der Waals surface area contributed by atoms with Crippen LogP contribution in [0.2, 0.25) is 0 Å². The standard InChI is InChI=1S/C13H17NO/c1-4-5-6-9-14-12-10-11(2)7-8-13(12)15-3/h7-8,10,14H,6,9H2,1-3H3. The molecular formula is C13H17NO. The number of rotatable bonds is 4. The molecule has 0 aliphatic carbocycles. The van der Waals surface area contributed by atoms with Crippen LogP contribution >= 0.6 is 0 Å². The number of nitrogens with one attached hydrogen (secondary N) is 1. The number of hydrogen-bond donors (Lipinski definition) is 1. The molecule has 2 heteroatoms. The van der Waals surface area contributed by atoms with Crippen LogP contribution in [0.1, 0.15) is 18.9 Å². The van der Waals surface area contributed by atoms with Crippen LogP contribution in [0.3, 0.4) is 0 Å². The predicted molar refractivity (Wildman–Crippen MR) is 64.3 cm³/mol. The first kappa shape index (κ1) is 11.5. The lowest BCUT2D eigenvalue weighted by Crippen LogP contribution is -2.02. The van der Waals surface area contributed by atoms with Gasteiger partial charge in [0.15, 0.2) is 0 Å². The summed E-state index contributed by atoms with van der Waals surface area (Å²) in [5, 5.41) is 3.31. The van der Waals surface area contributed by atoms with E-state index in [0.717, 1.165) is 24.4 Å². The third-order valence-electron chi connectivity index (χ3n) is 2.10. The van der Waals surface area contributed by atoms with Crippen LogP contribution in [0.5, 0.6) is 5.75 Å². The fourth-order valence-electron chi connectivity index (χ4n) is 1.34. The second-order valence-electron chi connectivity index (χ2n) is 3.31. The SMILES string of the molecule is CC#CCCNc1cc(C)ccc1OC. The van der Waals surface area contributed by atoms with E-state index in [4.69, 9.17) is 4.74 Å². The average molecular weight is 203 g/mol. The summed E-state index contributed by atoms with van der Waals surface area (Å²) in [6.45, 7) is 4.77. The molecule has 80 valence electrons. The Bertz CT molecular complexity index is 374. The summed E-state index contributed by atoms with van der Waals surface area (Å²) >= 11 is 0. The highest BCUT2D eigenvalue weighted by molar-refractivity contribution is 5.57. The average Bonchev–Trinajstić information content (AvgIpc) is 2.25. The summed E-state index contributed by atoms with van der Waals surface area (Å²) in [7, 11) is 1.68. The van der Waals surface area contributed by atoms with Gasteiger partial charge in [-0.25, -0.2) is 0 Å². The molecule has 0 atom stereocenters. The van der Waals surface area contributed by atoms with Gasteiger partial charge in [-0.3, -0.25) is 0 Å². The van der Waals surface area contributed by atoms with E-state index in [1.807, 2.05) is 19.1 Å². The second kappa shape index (κ2) is 5.98. The minimum absolute atomic E-state index is 0.848. The molecule has 15 heavy (non-hydrogen) atoms. The van der Waals surface area contributed by atoms with Crippen LogP contribution in [0.4, 0.5) is 5.69 Å². The first-order valence-corrected chi connectivity index (χ1v) is 5.06. The maximum atomic E-state index is 5.26. The molecule has 0 radical (unpaired) electrons. The number of benzene rings is 1. The lowest BCUT2D eigenvalue weighted by molar-refractivity contribution is 0.416. The third-order valence-corrected chi connectivity index (χ3v) is 2.10. The maximum absolute atomic E-state index is 5.26. The number of ether oxygens (including phenoxy) is 1. The molecule has 0 spiro atoms. The van der Waals surface area contributed by atoms with Crippen LogP contribution in [0, 0.1) is 18.8 Å². The van der Waals surface area contributed by atoms with E-state index in [1.54, 1.807) is 7.11 Å². The van der Waals surface area contributed by atoms with Crippen molar-refractivity contribution >= 4 is 5.69 Å². The Morgan fingerprint density at radius 3 is 2.87 bits per heavy atom. The van der Waals surface area contributed by atoms with E-state index in [2.05, 4.69) is 30.1 Å². The molecule has 1 rings (SSSR count). The van der Waals surface area contributed by atoms with Crippen molar-refractivity contribution in [1.29, 1.82) is 0 Å². The molecule has 1 aromatic rings. The van der Waals surface area contributed by atoms with Crippen molar-refractivity contribution in [1.82, 2.24) is 0 Å². The highest BCUT2D eigenvalue weighted by atomic mass is 16.5. The van der Waals surface area contributed by atoms with Crippen molar-refractivity contribution in [3.05, 3.63) is 23.8 Å². The van der Waals surface area contributed by atoms with Gasteiger partial charge in [-0.1, -0.05) is 6.07 Å². The molecule has 0 aliphatic rings. The maximum Gasteiger partial charge on any atom is 0.141 e. The summed E-state index contributed by atoms with van der Waals surface area (Å²) in [6.07, 6.45) is 0.855. The van der Waals surface area contributed by atoms with E-state index >= 15 is 0 Å². The smallest absolute Gasteiger partial charge is 0.141 e. The van der Waals surface area contributed by atoms with Crippen LogP contribution in [0.25, 0.3) is 0 Å². The minimum atomic E-state index is 0.848. The Labute approximate surface area is 91.6 Å². The molecular weight excluding hydrogens is 186 g/mol. The van der Waals surface area contributed by atoms with Gasteiger partial charge in [-0.2, -0.15) is 0 Å². The zero-order valence-electron chi connectivity index (χ0n) is 9.55. The molecule has 2 nitrogen and oxygen atoms in total. The normalized spacial score (nSPS) is 9.00. The van der Waals surface area contributed by atoms with Gasteiger partial charge in [0, 0.05) is 13.0 Å². The first-order valence-electron chi connectivity index (χ1n) is 5.06. The second-order valence-corrected chi connectivity index (χ2v) is 3.31. The van der Waals surface area contributed by atoms with Crippen molar-refractivity contribution in [2.45, 2.75) is 20.3 Å². The van der Waals surface area contributed by atoms with E-state index < -0.39 is 0 Å². The van der Waals surface area contributed by atoms with Crippen LogP contribution in [0.15, 0.2) is 18.2 Å². The van der Waals surface area contributed by atoms with E-state index in [0.29, 0.717) is 0 Å². The molecule has 0 aromatic heterocycles. The van der Waals surface area contributed by atoms with Crippen LogP contribution in [-0.2, 0) is 0 Å². The monoisotopic (exact) mass is 203 g/mol. The number of aryl methyl sites for hydroxylation is 1. The minimum Gasteiger partial charge on any atom is -0.495 e. The van der Waals surface area contributed by atoms with Crippen molar-refractivity contribution < 1.29 is 4.74 Å². The summed E-state index contributed by atoms with van der Waals surface area (Å²) in [4.78, 5) is 0. The molecule has 1 aromatic carbocycles. The van der Waals surface area contributed by atoms with Gasteiger partial charge < -0.3 is 10.1 Å². The predicted octanol–water partition coefficient (Wildman–Crippen LogP) is 2.83. The Morgan fingerprint density at radius 2 is 2.20 bits per heavy atom. The van der Waals surface area contributed by atoms with Crippen LogP contribution in [-0.4, -0.2) is 13.7 Å². The molecule has 0 saturated heterocycles. The molecule has 0 bridgehead atoms. The van der Waals surface area contributed by atoms with Gasteiger partial charge in [0.25, 0.3) is 0 Å². The van der Waals surface area contributed by atoms with Gasteiger partial charge in [-0.05, 0) is 31.5 Å².